The van der Waals surface area contributed by atoms with Gasteiger partial charge in [-0.25, -0.2) is 0 Å². The first kappa shape index (κ1) is 20.6. The van der Waals surface area contributed by atoms with E-state index in [0.717, 1.165) is 22.4 Å². The van der Waals surface area contributed by atoms with Gasteiger partial charge in [-0.2, -0.15) is 0 Å². The number of ether oxygens (including phenoxy) is 3. The number of methoxy groups -OCH3 is 1. The van der Waals surface area contributed by atoms with Gasteiger partial charge in [0.05, 0.1) is 20.3 Å². The average molecular weight is 406 g/mol. The van der Waals surface area contributed by atoms with E-state index < -0.39 is 23.9 Å². The van der Waals surface area contributed by atoms with Gasteiger partial charge in [0.15, 0.2) is 0 Å². The van der Waals surface area contributed by atoms with E-state index in [1.807, 2.05) is 84.9 Å². The minimum Gasteiger partial charge on any atom is -0.497 e. The lowest BCUT2D eigenvalue weighted by atomic mass is 9.80. The van der Waals surface area contributed by atoms with Crippen molar-refractivity contribution in [2.75, 3.05) is 20.3 Å². The summed E-state index contributed by atoms with van der Waals surface area (Å²) in [6.45, 7) is 0.218. The molecule has 0 amide bonds. The molecular weight excluding hydrogens is 380 g/mol. The SMILES string of the molecule is COc1ccc(C(OCC2OCC(O)C2O)(c2ccccc2)c2ccccc2)cc1. The van der Waals surface area contributed by atoms with E-state index in [1.165, 1.54) is 0 Å². The summed E-state index contributed by atoms with van der Waals surface area (Å²) in [6.07, 6.45) is -2.49. The largest absolute Gasteiger partial charge is 0.497 e. The van der Waals surface area contributed by atoms with Gasteiger partial charge in [-0.15, -0.1) is 0 Å². The fourth-order valence-corrected chi connectivity index (χ4v) is 3.94. The molecule has 0 aromatic heterocycles. The monoisotopic (exact) mass is 406 g/mol. The molecule has 3 atom stereocenters. The Labute approximate surface area is 176 Å². The molecule has 1 heterocycles. The Morgan fingerprint density at radius 2 is 1.37 bits per heavy atom. The molecule has 0 aliphatic carbocycles. The van der Waals surface area contributed by atoms with Gasteiger partial charge in [0.25, 0.3) is 0 Å². The van der Waals surface area contributed by atoms with Crippen molar-refractivity contribution in [1.29, 1.82) is 0 Å². The van der Waals surface area contributed by atoms with Crippen LogP contribution in [0.25, 0.3) is 0 Å². The third-order valence-corrected chi connectivity index (χ3v) is 5.58. The van der Waals surface area contributed by atoms with Gasteiger partial charge in [0.2, 0.25) is 0 Å². The minimum absolute atomic E-state index is 0.0986. The van der Waals surface area contributed by atoms with E-state index in [1.54, 1.807) is 7.11 Å². The Morgan fingerprint density at radius 3 is 1.83 bits per heavy atom. The summed E-state index contributed by atoms with van der Waals surface area (Å²) in [7, 11) is 1.64. The highest BCUT2D eigenvalue weighted by Crippen LogP contribution is 2.41. The van der Waals surface area contributed by atoms with Crippen LogP contribution in [-0.4, -0.2) is 48.8 Å². The van der Waals surface area contributed by atoms with E-state index in [2.05, 4.69) is 0 Å². The second-order valence-electron chi connectivity index (χ2n) is 7.38. The van der Waals surface area contributed by atoms with E-state index in [9.17, 15) is 10.2 Å². The second kappa shape index (κ2) is 8.98. The maximum absolute atomic E-state index is 10.3. The lowest BCUT2D eigenvalue weighted by Gasteiger charge is -2.37. The summed E-state index contributed by atoms with van der Waals surface area (Å²) < 4.78 is 17.5. The summed E-state index contributed by atoms with van der Waals surface area (Å²) in [5, 5.41) is 20.1. The molecule has 1 saturated heterocycles. The molecule has 5 heteroatoms. The molecule has 4 rings (SSSR count). The highest BCUT2D eigenvalue weighted by molar-refractivity contribution is 5.48. The van der Waals surface area contributed by atoms with Crippen LogP contribution in [0.3, 0.4) is 0 Å². The van der Waals surface area contributed by atoms with Crippen LogP contribution in [-0.2, 0) is 15.1 Å². The minimum atomic E-state index is -0.981. The molecule has 1 aliphatic rings. The number of hydrogen-bond donors (Lipinski definition) is 2. The normalized spacial score (nSPS) is 21.5. The molecular formula is C25H26O5. The molecule has 3 unspecified atom stereocenters. The van der Waals surface area contributed by atoms with E-state index in [0.29, 0.717) is 0 Å². The van der Waals surface area contributed by atoms with Crippen molar-refractivity contribution in [3.05, 3.63) is 102 Å². The Bertz CT molecular complexity index is 887. The number of rotatable bonds is 7. The lowest BCUT2D eigenvalue weighted by molar-refractivity contribution is -0.0725. The molecule has 5 nitrogen and oxygen atoms in total. The first-order chi connectivity index (χ1) is 14.6. The molecule has 0 saturated carbocycles. The zero-order valence-corrected chi connectivity index (χ0v) is 16.8. The van der Waals surface area contributed by atoms with Gasteiger partial charge >= 0.3 is 0 Å². The van der Waals surface area contributed by atoms with Crippen LogP contribution in [0.2, 0.25) is 0 Å². The van der Waals surface area contributed by atoms with E-state index >= 15 is 0 Å². The smallest absolute Gasteiger partial charge is 0.143 e. The van der Waals surface area contributed by atoms with E-state index in [4.69, 9.17) is 14.2 Å². The van der Waals surface area contributed by atoms with Crippen molar-refractivity contribution >= 4 is 0 Å². The summed E-state index contributed by atoms with van der Waals surface area (Å²) in [5.74, 6) is 0.756. The van der Waals surface area contributed by atoms with Crippen molar-refractivity contribution in [3.63, 3.8) is 0 Å². The fourth-order valence-electron chi connectivity index (χ4n) is 3.94. The number of aliphatic hydroxyl groups excluding tert-OH is 2. The van der Waals surface area contributed by atoms with Gasteiger partial charge in [-0.3, -0.25) is 0 Å². The highest BCUT2D eigenvalue weighted by atomic mass is 16.6. The summed E-state index contributed by atoms with van der Waals surface area (Å²) >= 11 is 0. The Hall–Kier alpha value is -2.70. The molecule has 2 N–H and O–H groups in total. The third kappa shape index (κ3) is 3.85. The summed E-state index contributed by atoms with van der Waals surface area (Å²) in [6, 6.07) is 27.7. The van der Waals surface area contributed by atoms with Gasteiger partial charge in [0, 0.05) is 0 Å². The standard InChI is InChI=1S/C25H26O5/c1-28-21-14-12-20(13-15-21)25(18-8-4-2-5-9-18,19-10-6-3-7-11-19)30-17-23-24(27)22(26)16-29-23/h2-15,22-24,26-27H,16-17H2,1H3. The molecule has 1 aliphatic heterocycles. The van der Waals surface area contributed by atoms with Gasteiger partial charge < -0.3 is 24.4 Å². The topological polar surface area (TPSA) is 68.2 Å². The van der Waals surface area contributed by atoms with E-state index in [-0.39, 0.29) is 13.2 Å². The Balaban J connectivity index is 1.82. The zero-order chi connectivity index (χ0) is 21.0. The summed E-state index contributed by atoms with van der Waals surface area (Å²) in [5.41, 5.74) is 1.91. The molecule has 156 valence electrons. The number of aliphatic hydroxyl groups is 2. The Morgan fingerprint density at radius 1 is 0.833 bits per heavy atom. The first-order valence-electron chi connectivity index (χ1n) is 10.0. The average Bonchev–Trinajstić information content (AvgIpc) is 3.13. The molecule has 0 bridgehead atoms. The van der Waals surface area contributed by atoms with Crippen LogP contribution < -0.4 is 4.74 Å². The van der Waals surface area contributed by atoms with Crippen LogP contribution in [0.5, 0.6) is 5.75 Å². The molecule has 30 heavy (non-hydrogen) atoms. The van der Waals surface area contributed by atoms with Crippen LogP contribution in [0.1, 0.15) is 16.7 Å². The second-order valence-corrected chi connectivity index (χ2v) is 7.38. The molecule has 1 fully saturated rings. The molecule has 3 aromatic rings. The molecule has 0 radical (unpaired) electrons. The quantitative estimate of drug-likeness (QED) is 0.590. The molecule has 0 spiro atoms. The predicted molar refractivity (Wildman–Crippen MR) is 113 cm³/mol. The van der Waals surface area contributed by atoms with Crippen LogP contribution in [0.15, 0.2) is 84.9 Å². The van der Waals surface area contributed by atoms with Gasteiger partial charge in [-0.1, -0.05) is 72.8 Å². The van der Waals surface area contributed by atoms with Crippen molar-refractivity contribution in [2.45, 2.75) is 23.9 Å². The third-order valence-electron chi connectivity index (χ3n) is 5.58. The first-order valence-corrected chi connectivity index (χ1v) is 10.0. The van der Waals surface area contributed by atoms with Crippen molar-refractivity contribution < 1.29 is 24.4 Å². The van der Waals surface area contributed by atoms with Crippen LogP contribution in [0, 0.1) is 0 Å². The Kier molecular flexibility index (Phi) is 6.16. The highest BCUT2D eigenvalue weighted by Gasteiger charge is 2.41. The zero-order valence-electron chi connectivity index (χ0n) is 16.8. The van der Waals surface area contributed by atoms with Crippen LogP contribution in [0.4, 0.5) is 0 Å². The maximum atomic E-state index is 10.3. The van der Waals surface area contributed by atoms with Crippen LogP contribution >= 0.6 is 0 Å². The van der Waals surface area contributed by atoms with Crippen molar-refractivity contribution in [1.82, 2.24) is 0 Å². The fraction of sp³-hybridized carbons (Fsp3) is 0.280. The van der Waals surface area contributed by atoms with Crippen molar-refractivity contribution in [3.8, 4) is 5.75 Å². The molecule has 3 aromatic carbocycles. The number of benzene rings is 3. The van der Waals surface area contributed by atoms with Gasteiger partial charge in [-0.05, 0) is 28.8 Å². The summed E-state index contributed by atoms with van der Waals surface area (Å²) in [4.78, 5) is 0. The maximum Gasteiger partial charge on any atom is 0.143 e. The number of hydrogen-bond acceptors (Lipinski definition) is 5. The lowest BCUT2D eigenvalue weighted by Crippen LogP contribution is -2.39. The predicted octanol–water partition coefficient (Wildman–Crippen LogP) is 3.12. The van der Waals surface area contributed by atoms with Gasteiger partial charge in [0.1, 0.15) is 29.7 Å². The van der Waals surface area contributed by atoms with Crippen molar-refractivity contribution in [2.24, 2.45) is 0 Å².